The Hall–Kier alpha value is -2.07. The van der Waals surface area contributed by atoms with Crippen molar-refractivity contribution in [3.63, 3.8) is 0 Å². The van der Waals surface area contributed by atoms with Gasteiger partial charge in [0.25, 0.3) is 10.0 Å². The number of amides is 1. The molecule has 0 spiro atoms. The number of thiazole rings is 1. The summed E-state index contributed by atoms with van der Waals surface area (Å²) >= 11 is 2.62. The predicted octanol–water partition coefficient (Wildman–Crippen LogP) is 4.15. The third-order valence-electron chi connectivity index (χ3n) is 4.90. The van der Waals surface area contributed by atoms with Crippen LogP contribution in [0.15, 0.2) is 52.9 Å². The van der Waals surface area contributed by atoms with E-state index in [9.17, 15) is 13.2 Å². The maximum atomic E-state index is 12.8. The largest absolute Gasteiger partial charge is 0.302 e. The summed E-state index contributed by atoms with van der Waals surface area (Å²) in [6, 6.07) is 13.4. The van der Waals surface area contributed by atoms with E-state index in [1.807, 2.05) is 18.2 Å². The van der Waals surface area contributed by atoms with Gasteiger partial charge >= 0.3 is 0 Å². The van der Waals surface area contributed by atoms with Crippen molar-refractivity contribution in [2.45, 2.75) is 36.3 Å². The molecule has 0 aliphatic carbocycles. The molecule has 3 heterocycles. The fourth-order valence-corrected chi connectivity index (χ4v) is 7.28. The standard InChI is InChI=1S/C21H23N3O3S3/c25-19(23-21-22-15-18(29-21)13-16-7-3-1-4-8-16)14-17-9-10-20(28-17)30(26,27)24-11-5-2-6-12-24/h1,3-4,7-10,15H,2,5-6,11-14H2,(H,22,23,25). The van der Waals surface area contributed by atoms with Crippen LogP contribution in [0.2, 0.25) is 0 Å². The van der Waals surface area contributed by atoms with E-state index < -0.39 is 10.0 Å². The van der Waals surface area contributed by atoms with Crippen LogP contribution < -0.4 is 5.32 Å². The molecule has 0 radical (unpaired) electrons. The van der Waals surface area contributed by atoms with Crippen molar-refractivity contribution in [1.82, 2.24) is 9.29 Å². The molecule has 158 valence electrons. The lowest BCUT2D eigenvalue weighted by Crippen LogP contribution is -2.35. The number of sulfonamides is 1. The van der Waals surface area contributed by atoms with Crippen molar-refractivity contribution >= 4 is 43.7 Å². The summed E-state index contributed by atoms with van der Waals surface area (Å²) in [5.74, 6) is -0.195. The Morgan fingerprint density at radius 1 is 1.00 bits per heavy atom. The first-order valence-electron chi connectivity index (χ1n) is 9.88. The minimum atomic E-state index is -3.45. The molecule has 0 unspecified atom stereocenters. The predicted molar refractivity (Wildman–Crippen MR) is 121 cm³/mol. The van der Waals surface area contributed by atoms with Crippen molar-refractivity contribution in [1.29, 1.82) is 0 Å². The maximum Gasteiger partial charge on any atom is 0.252 e. The van der Waals surface area contributed by atoms with Gasteiger partial charge < -0.3 is 5.32 Å². The first kappa shape index (κ1) is 21.2. The molecule has 4 rings (SSSR count). The zero-order valence-corrected chi connectivity index (χ0v) is 18.9. The molecule has 1 saturated heterocycles. The van der Waals surface area contributed by atoms with Crippen LogP contribution in [0.5, 0.6) is 0 Å². The van der Waals surface area contributed by atoms with Gasteiger partial charge in [0.15, 0.2) is 5.13 Å². The molecule has 1 amide bonds. The molecular weight excluding hydrogens is 438 g/mol. The summed E-state index contributed by atoms with van der Waals surface area (Å²) in [6.07, 6.45) is 5.57. The Balaban J connectivity index is 1.35. The molecular formula is C21H23N3O3S3. The number of benzene rings is 1. The van der Waals surface area contributed by atoms with E-state index in [0.717, 1.165) is 35.4 Å². The average Bonchev–Trinajstić information content (AvgIpc) is 3.39. The molecule has 9 heteroatoms. The number of thiophene rings is 1. The highest BCUT2D eigenvalue weighted by atomic mass is 32.2. The van der Waals surface area contributed by atoms with Crippen LogP contribution in [0.1, 0.15) is 34.6 Å². The average molecular weight is 462 g/mol. The lowest BCUT2D eigenvalue weighted by molar-refractivity contribution is -0.115. The highest BCUT2D eigenvalue weighted by Gasteiger charge is 2.27. The summed E-state index contributed by atoms with van der Waals surface area (Å²) < 4.78 is 27.4. The molecule has 1 N–H and O–H groups in total. The van der Waals surface area contributed by atoms with E-state index >= 15 is 0 Å². The summed E-state index contributed by atoms with van der Waals surface area (Å²) in [5.41, 5.74) is 1.19. The van der Waals surface area contributed by atoms with Crippen molar-refractivity contribution in [2.24, 2.45) is 0 Å². The number of nitrogens with zero attached hydrogens (tertiary/aromatic N) is 2. The second-order valence-electron chi connectivity index (χ2n) is 7.20. The minimum absolute atomic E-state index is 0.133. The Labute approximate surface area is 184 Å². The fraction of sp³-hybridized carbons (Fsp3) is 0.333. The molecule has 1 aliphatic heterocycles. The van der Waals surface area contributed by atoms with Gasteiger partial charge in [-0.3, -0.25) is 4.79 Å². The monoisotopic (exact) mass is 461 g/mol. The summed E-state index contributed by atoms with van der Waals surface area (Å²) in [4.78, 5) is 18.5. The van der Waals surface area contributed by atoms with Gasteiger partial charge in [-0.05, 0) is 30.5 Å². The number of hydrogen-bond donors (Lipinski definition) is 1. The number of carbonyl (C=O) groups is 1. The topological polar surface area (TPSA) is 79.4 Å². The smallest absolute Gasteiger partial charge is 0.252 e. The number of rotatable bonds is 7. The second kappa shape index (κ2) is 9.38. The van der Waals surface area contributed by atoms with Gasteiger partial charge in [0.1, 0.15) is 4.21 Å². The van der Waals surface area contributed by atoms with Crippen LogP contribution in [-0.4, -0.2) is 36.7 Å². The van der Waals surface area contributed by atoms with Crippen LogP contribution in [0.25, 0.3) is 0 Å². The lowest BCUT2D eigenvalue weighted by Gasteiger charge is -2.25. The number of aromatic nitrogens is 1. The Bertz CT molecular complexity index is 1100. The molecule has 1 aromatic carbocycles. The number of nitrogens with one attached hydrogen (secondary N) is 1. The first-order valence-corrected chi connectivity index (χ1v) is 13.0. The molecule has 1 fully saturated rings. The van der Waals surface area contributed by atoms with Gasteiger partial charge in [0.05, 0.1) is 6.42 Å². The Kier molecular flexibility index (Phi) is 6.62. The van der Waals surface area contributed by atoms with E-state index in [1.165, 1.54) is 28.2 Å². The van der Waals surface area contributed by atoms with E-state index in [4.69, 9.17) is 0 Å². The van der Waals surface area contributed by atoms with Gasteiger partial charge in [-0.15, -0.1) is 22.7 Å². The lowest BCUT2D eigenvalue weighted by atomic mass is 10.1. The summed E-state index contributed by atoms with van der Waals surface area (Å²) in [6.45, 7) is 1.15. The third kappa shape index (κ3) is 5.15. The Morgan fingerprint density at radius 3 is 2.53 bits per heavy atom. The molecule has 0 atom stereocenters. The van der Waals surface area contributed by atoms with E-state index in [2.05, 4.69) is 22.4 Å². The molecule has 0 saturated carbocycles. The molecule has 2 aromatic heterocycles. The quantitative estimate of drug-likeness (QED) is 0.573. The van der Waals surface area contributed by atoms with Crippen molar-refractivity contribution in [3.05, 3.63) is 64.0 Å². The van der Waals surface area contributed by atoms with Gasteiger partial charge in [-0.1, -0.05) is 36.8 Å². The molecule has 30 heavy (non-hydrogen) atoms. The van der Waals surface area contributed by atoms with Crippen LogP contribution in [0, 0.1) is 0 Å². The van der Waals surface area contributed by atoms with Gasteiger partial charge in [0.2, 0.25) is 5.91 Å². The third-order valence-corrected chi connectivity index (χ3v) is 9.27. The minimum Gasteiger partial charge on any atom is -0.302 e. The number of anilines is 1. The highest BCUT2D eigenvalue weighted by Crippen LogP contribution is 2.28. The van der Waals surface area contributed by atoms with E-state index in [0.29, 0.717) is 22.4 Å². The van der Waals surface area contributed by atoms with Crippen LogP contribution in [0.3, 0.4) is 0 Å². The molecule has 0 bridgehead atoms. The number of piperidine rings is 1. The fourth-order valence-electron chi connectivity index (χ4n) is 3.39. The summed E-state index contributed by atoms with van der Waals surface area (Å²) in [7, 11) is -3.45. The van der Waals surface area contributed by atoms with Crippen molar-refractivity contribution in [3.8, 4) is 0 Å². The summed E-state index contributed by atoms with van der Waals surface area (Å²) in [5, 5.41) is 3.38. The van der Waals surface area contributed by atoms with Gasteiger partial charge in [-0.2, -0.15) is 4.31 Å². The first-order chi connectivity index (χ1) is 14.5. The van der Waals surface area contributed by atoms with Crippen molar-refractivity contribution < 1.29 is 13.2 Å². The SMILES string of the molecule is O=C(Cc1ccc(S(=O)(=O)N2CCCCC2)s1)Nc1ncc(Cc2ccccc2)s1. The van der Waals surface area contributed by atoms with Crippen LogP contribution >= 0.6 is 22.7 Å². The zero-order valence-electron chi connectivity index (χ0n) is 16.4. The Morgan fingerprint density at radius 2 is 1.77 bits per heavy atom. The van der Waals surface area contributed by atoms with E-state index in [1.54, 1.807) is 22.6 Å². The number of hydrogen-bond acceptors (Lipinski definition) is 6. The highest BCUT2D eigenvalue weighted by molar-refractivity contribution is 7.91. The molecule has 3 aromatic rings. The van der Waals surface area contributed by atoms with E-state index in [-0.39, 0.29) is 12.3 Å². The maximum absolute atomic E-state index is 12.8. The van der Waals surface area contributed by atoms with Crippen LogP contribution in [-0.2, 0) is 27.7 Å². The van der Waals surface area contributed by atoms with Gasteiger partial charge in [0, 0.05) is 35.5 Å². The second-order valence-corrected chi connectivity index (χ2v) is 11.7. The normalized spacial score (nSPS) is 15.2. The zero-order chi connectivity index (χ0) is 21.0. The number of carbonyl (C=O) groups excluding carboxylic acids is 1. The van der Waals surface area contributed by atoms with Gasteiger partial charge in [-0.25, -0.2) is 13.4 Å². The molecule has 1 aliphatic rings. The van der Waals surface area contributed by atoms with Crippen LogP contribution in [0.4, 0.5) is 5.13 Å². The molecule has 6 nitrogen and oxygen atoms in total. The van der Waals surface area contributed by atoms with Crippen molar-refractivity contribution in [2.75, 3.05) is 18.4 Å².